The first-order valence-electron chi connectivity index (χ1n) is 12.2. The van der Waals surface area contributed by atoms with Gasteiger partial charge in [0.15, 0.2) is 8.32 Å². The maximum Gasteiger partial charge on any atom is 0.193 e. The molecule has 0 unspecified atom stereocenters. The molecule has 4 nitrogen and oxygen atoms in total. The van der Waals surface area contributed by atoms with Crippen LogP contribution in [0, 0.1) is 11.8 Å². The molecule has 0 aliphatic carbocycles. The van der Waals surface area contributed by atoms with Gasteiger partial charge in [0.2, 0.25) is 0 Å². The van der Waals surface area contributed by atoms with Crippen molar-refractivity contribution >= 4 is 8.32 Å². The van der Waals surface area contributed by atoms with Crippen molar-refractivity contribution in [1.82, 2.24) is 0 Å². The largest absolute Gasteiger partial charge is 0.497 e. The highest BCUT2D eigenvalue weighted by Gasteiger charge is 2.38. The van der Waals surface area contributed by atoms with Crippen LogP contribution >= 0.6 is 0 Å². The van der Waals surface area contributed by atoms with Crippen LogP contribution in [0.1, 0.15) is 78.2 Å². The third kappa shape index (κ3) is 11.5. The summed E-state index contributed by atoms with van der Waals surface area (Å²) in [4.78, 5) is 0. The number of hydrogen-bond acceptors (Lipinski definition) is 4. The van der Waals surface area contributed by atoms with Crippen molar-refractivity contribution in [2.75, 3.05) is 13.7 Å². The molecule has 2 atom stereocenters. The molecule has 0 amide bonds. The van der Waals surface area contributed by atoms with Gasteiger partial charge in [0.25, 0.3) is 0 Å². The lowest BCUT2D eigenvalue weighted by Crippen LogP contribution is -2.43. The third-order valence-corrected chi connectivity index (χ3v) is 10.7. The van der Waals surface area contributed by atoms with Gasteiger partial charge in [-0.2, -0.15) is 0 Å². The van der Waals surface area contributed by atoms with E-state index in [1.165, 1.54) is 0 Å². The minimum atomic E-state index is -1.87. The van der Waals surface area contributed by atoms with Crippen LogP contribution in [0.25, 0.3) is 0 Å². The molecule has 1 aromatic carbocycles. The van der Waals surface area contributed by atoms with E-state index in [1.807, 2.05) is 24.3 Å². The lowest BCUT2D eigenvalue weighted by atomic mass is 10.1. The van der Waals surface area contributed by atoms with Gasteiger partial charge in [-0.15, -0.1) is 0 Å². The Hall–Kier alpha value is -1.32. The Balaban J connectivity index is 2.31. The van der Waals surface area contributed by atoms with E-state index in [0.29, 0.717) is 13.0 Å². The summed E-state index contributed by atoms with van der Waals surface area (Å²) in [5, 5.41) is 10.5. The maximum absolute atomic E-state index is 10.3. The normalized spacial score (nSPS) is 13.9. The number of benzene rings is 1. The fraction of sp³-hybridized carbons (Fsp3) is 0.704. The zero-order valence-corrected chi connectivity index (χ0v) is 22.5. The predicted octanol–water partition coefficient (Wildman–Crippen LogP) is 6.72. The molecule has 0 saturated carbocycles. The number of ether oxygens (including phenoxy) is 2. The average Bonchev–Trinajstić information content (AvgIpc) is 2.74. The molecule has 0 saturated heterocycles. The Kier molecular flexibility index (Phi) is 13.2. The van der Waals surface area contributed by atoms with Gasteiger partial charge in [-0.25, -0.2) is 0 Å². The van der Waals surface area contributed by atoms with E-state index in [4.69, 9.17) is 13.9 Å². The molecule has 32 heavy (non-hydrogen) atoms. The minimum absolute atomic E-state index is 0.0724. The second kappa shape index (κ2) is 14.7. The lowest BCUT2D eigenvalue weighted by Gasteiger charge is -2.38. The summed E-state index contributed by atoms with van der Waals surface area (Å²) < 4.78 is 17.4. The number of aliphatic hydroxyl groups is 1. The standard InChI is InChI=1S/C27H46O4Si/c1-8-9-14-26(31-32(6,7)27(2,3)4)20-17-24(28)13-11-10-12-21-30-22-23-15-18-25(29-5)19-16-23/h15-16,18-19,24,26,28H,8-14,21-22H2,1-7H3/t24-,26+/m0/s1. The zero-order chi connectivity index (χ0) is 24.0. The van der Waals surface area contributed by atoms with Crippen LogP contribution < -0.4 is 4.74 Å². The summed E-state index contributed by atoms with van der Waals surface area (Å²) in [6.07, 6.45) is 6.18. The van der Waals surface area contributed by atoms with E-state index in [9.17, 15) is 5.11 Å². The van der Waals surface area contributed by atoms with Crippen LogP contribution in [0.2, 0.25) is 18.1 Å². The van der Waals surface area contributed by atoms with Crippen molar-refractivity contribution in [3.63, 3.8) is 0 Å². The molecule has 0 aliphatic rings. The number of methoxy groups -OCH3 is 1. The van der Waals surface area contributed by atoms with E-state index in [1.54, 1.807) is 7.11 Å². The highest BCUT2D eigenvalue weighted by molar-refractivity contribution is 6.74. The van der Waals surface area contributed by atoms with Crippen molar-refractivity contribution in [2.24, 2.45) is 0 Å². The van der Waals surface area contributed by atoms with Crippen LogP contribution in [0.3, 0.4) is 0 Å². The molecule has 0 heterocycles. The third-order valence-electron chi connectivity index (χ3n) is 6.17. The monoisotopic (exact) mass is 462 g/mol. The van der Waals surface area contributed by atoms with Crippen LogP contribution in [-0.2, 0) is 15.8 Å². The number of hydrogen-bond donors (Lipinski definition) is 1. The van der Waals surface area contributed by atoms with Crippen LogP contribution in [-0.4, -0.2) is 39.3 Å². The quantitative estimate of drug-likeness (QED) is 0.189. The van der Waals surface area contributed by atoms with Gasteiger partial charge in [-0.05, 0) is 61.5 Å². The Labute approximate surface area is 198 Å². The van der Waals surface area contributed by atoms with Gasteiger partial charge < -0.3 is 19.0 Å². The molecule has 1 N–H and O–H groups in total. The van der Waals surface area contributed by atoms with E-state index in [-0.39, 0.29) is 11.1 Å². The molecule has 5 heteroatoms. The second-order valence-electron chi connectivity index (χ2n) is 10.1. The Bertz CT molecular complexity index is 682. The van der Waals surface area contributed by atoms with E-state index < -0.39 is 14.4 Å². The molecule has 1 aromatic rings. The molecule has 0 bridgehead atoms. The summed E-state index contributed by atoms with van der Waals surface area (Å²) >= 11 is 0. The lowest BCUT2D eigenvalue weighted by molar-refractivity contribution is 0.115. The molecule has 0 aromatic heterocycles. The molecular formula is C27H46O4Si. The van der Waals surface area contributed by atoms with Crippen molar-refractivity contribution in [1.29, 1.82) is 0 Å². The Morgan fingerprint density at radius 3 is 2.25 bits per heavy atom. The maximum atomic E-state index is 10.3. The first-order valence-corrected chi connectivity index (χ1v) is 15.1. The highest BCUT2D eigenvalue weighted by Crippen LogP contribution is 2.37. The van der Waals surface area contributed by atoms with Gasteiger partial charge >= 0.3 is 0 Å². The van der Waals surface area contributed by atoms with Crippen molar-refractivity contribution in [3.05, 3.63) is 29.8 Å². The van der Waals surface area contributed by atoms with Gasteiger partial charge in [0.1, 0.15) is 18.0 Å². The summed E-state index contributed by atoms with van der Waals surface area (Å²) in [5.74, 6) is 7.17. The fourth-order valence-electron chi connectivity index (χ4n) is 2.97. The van der Waals surface area contributed by atoms with Gasteiger partial charge in [0, 0.05) is 6.61 Å². The van der Waals surface area contributed by atoms with Crippen molar-refractivity contribution in [3.8, 4) is 17.6 Å². The number of rotatable bonds is 14. The summed E-state index contributed by atoms with van der Waals surface area (Å²) in [5.41, 5.74) is 1.15. The van der Waals surface area contributed by atoms with Gasteiger partial charge in [-0.1, -0.05) is 70.9 Å². The van der Waals surface area contributed by atoms with Crippen LogP contribution in [0.15, 0.2) is 24.3 Å². The molecule has 182 valence electrons. The first-order chi connectivity index (χ1) is 15.1. The molecule has 0 spiro atoms. The fourth-order valence-corrected chi connectivity index (χ4v) is 4.22. The predicted molar refractivity (Wildman–Crippen MR) is 136 cm³/mol. The van der Waals surface area contributed by atoms with Gasteiger partial charge in [-0.3, -0.25) is 0 Å². The van der Waals surface area contributed by atoms with E-state index >= 15 is 0 Å². The SMILES string of the molecule is CCCC[C@H](C#C[C@@H](O)CCCCCOCc1ccc(OC)cc1)O[Si](C)(C)C(C)(C)C. The Morgan fingerprint density at radius 2 is 1.66 bits per heavy atom. The zero-order valence-electron chi connectivity index (χ0n) is 21.5. The average molecular weight is 463 g/mol. The van der Waals surface area contributed by atoms with Crippen LogP contribution in [0.4, 0.5) is 0 Å². The highest BCUT2D eigenvalue weighted by atomic mass is 28.4. The summed E-state index contributed by atoms with van der Waals surface area (Å²) in [7, 11) is -0.199. The second-order valence-corrected chi connectivity index (χ2v) is 14.8. The number of unbranched alkanes of at least 4 members (excludes halogenated alkanes) is 3. The van der Waals surface area contributed by atoms with E-state index in [0.717, 1.165) is 56.4 Å². The van der Waals surface area contributed by atoms with Crippen LogP contribution in [0.5, 0.6) is 5.75 Å². The van der Waals surface area contributed by atoms with Gasteiger partial charge in [0.05, 0.1) is 13.7 Å². The Morgan fingerprint density at radius 1 is 0.969 bits per heavy atom. The first kappa shape index (κ1) is 28.7. The van der Waals surface area contributed by atoms with E-state index in [2.05, 4.69) is 52.6 Å². The topological polar surface area (TPSA) is 47.9 Å². The minimum Gasteiger partial charge on any atom is -0.497 e. The molecule has 0 fully saturated rings. The molecule has 1 rings (SSSR count). The summed E-state index contributed by atoms with van der Waals surface area (Å²) in [6, 6.07) is 7.95. The molecule has 0 aliphatic heterocycles. The smallest absolute Gasteiger partial charge is 0.193 e. The molecular weight excluding hydrogens is 416 g/mol. The summed E-state index contributed by atoms with van der Waals surface area (Å²) in [6.45, 7) is 14.8. The molecule has 0 radical (unpaired) electrons. The number of aliphatic hydroxyl groups excluding tert-OH is 1. The van der Waals surface area contributed by atoms with Crippen molar-refractivity contribution < 1.29 is 19.0 Å². The van der Waals surface area contributed by atoms with Crippen molar-refractivity contribution in [2.45, 2.75) is 110 Å².